The molecule has 5 atom stereocenters. The number of anilines is 1. The summed E-state index contributed by atoms with van der Waals surface area (Å²) in [5.74, 6) is 1.19. The van der Waals surface area contributed by atoms with Crippen molar-refractivity contribution in [3.8, 4) is 11.5 Å². The molecule has 0 unspecified atom stereocenters. The molecule has 5 nitrogen and oxygen atoms in total. The molecule has 2 aliphatic carbocycles. The highest BCUT2D eigenvalue weighted by molar-refractivity contribution is 5.97. The Morgan fingerprint density at radius 2 is 1.63 bits per heavy atom. The SMILES string of the molecule is CC(C)(C)c1ccc(Oc2ccc(NC(=O)[C@@H]3[C@H]4C[C@@H]5[C@@H]3C(=O)O[C@@H]5C4)cc2)cc1. The average molecular weight is 405 g/mol. The molecule has 5 rings (SSSR count). The van der Waals surface area contributed by atoms with Gasteiger partial charge in [0.25, 0.3) is 0 Å². The lowest BCUT2D eigenvalue weighted by atomic mass is 9.79. The van der Waals surface area contributed by atoms with Crippen molar-refractivity contribution < 1.29 is 19.1 Å². The maximum atomic E-state index is 12.9. The highest BCUT2D eigenvalue weighted by Crippen LogP contribution is 2.57. The van der Waals surface area contributed by atoms with Gasteiger partial charge in [0.1, 0.15) is 17.6 Å². The summed E-state index contributed by atoms with van der Waals surface area (Å²) in [7, 11) is 0. The van der Waals surface area contributed by atoms with Crippen molar-refractivity contribution in [1.29, 1.82) is 0 Å². The second-order valence-corrected chi connectivity index (χ2v) is 9.81. The van der Waals surface area contributed by atoms with Crippen LogP contribution in [0, 0.1) is 23.7 Å². The second kappa shape index (κ2) is 6.86. The minimum absolute atomic E-state index is 0.0467. The van der Waals surface area contributed by atoms with E-state index in [0.29, 0.717) is 11.4 Å². The van der Waals surface area contributed by atoms with Crippen molar-refractivity contribution in [3.63, 3.8) is 0 Å². The molecule has 2 bridgehead atoms. The molecule has 0 spiro atoms. The quantitative estimate of drug-likeness (QED) is 0.734. The Balaban J connectivity index is 1.22. The number of ether oxygens (including phenoxy) is 2. The predicted octanol–water partition coefficient (Wildman–Crippen LogP) is 4.91. The third kappa shape index (κ3) is 3.26. The van der Waals surface area contributed by atoms with Crippen LogP contribution in [-0.2, 0) is 19.7 Å². The van der Waals surface area contributed by atoms with Crippen LogP contribution in [0.5, 0.6) is 11.5 Å². The number of carbonyl (C=O) groups excluding carboxylic acids is 2. The minimum atomic E-state index is -0.265. The molecule has 2 saturated carbocycles. The summed E-state index contributed by atoms with van der Waals surface area (Å²) in [6, 6.07) is 15.5. The molecule has 30 heavy (non-hydrogen) atoms. The van der Waals surface area contributed by atoms with E-state index in [1.165, 1.54) is 5.56 Å². The Morgan fingerprint density at radius 3 is 2.27 bits per heavy atom. The maximum absolute atomic E-state index is 12.9. The van der Waals surface area contributed by atoms with Crippen molar-refractivity contribution in [2.24, 2.45) is 23.7 Å². The van der Waals surface area contributed by atoms with Crippen molar-refractivity contribution in [2.75, 3.05) is 5.32 Å². The molecular formula is C25H27NO4. The van der Waals surface area contributed by atoms with Crippen LogP contribution in [0.3, 0.4) is 0 Å². The highest BCUT2D eigenvalue weighted by Gasteiger charge is 2.63. The van der Waals surface area contributed by atoms with Gasteiger partial charge in [-0.15, -0.1) is 0 Å². The van der Waals surface area contributed by atoms with E-state index >= 15 is 0 Å². The molecule has 1 amide bonds. The molecule has 2 aromatic carbocycles. The standard InChI is InChI=1S/C25H27NO4/c1-25(2,3)15-4-8-17(9-5-15)29-18-10-6-16(7-11-18)26-23(27)21-14-12-19-20(13-14)30-24(28)22(19)21/h4-11,14,19-22H,12-13H2,1-3H3,(H,26,27)/t14-,19-,20+,21+,22-/m0/s1. The fourth-order valence-corrected chi connectivity index (χ4v) is 5.35. The molecular weight excluding hydrogens is 378 g/mol. The van der Waals surface area contributed by atoms with Gasteiger partial charge in [-0.05, 0) is 66.1 Å². The lowest BCUT2D eigenvalue weighted by Gasteiger charge is -2.23. The Labute approximate surface area is 176 Å². The number of benzene rings is 2. The van der Waals surface area contributed by atoms with E-state index in [9.17, 15) is 9.59 Å². The van der Waals surface area contributed by atoms with Gasteiger partial charge in [0.2, 0.25) is 5.91 Å². The van der Waals surface area contributed by atoms with Crippen LogP contribution in [0.1, 0.15) is 39.2 Å². The van der Waals surface area contributed by atoms with E-state index in [1.54, 1.807) is 0 Å². The van der Waals surface area contributed by atoms with Crippen molar-refractivity contribution >= 4 is 17.6 Å². The van der Waals surface area contributed by atoms with Gasteiger partial charge in [0.05, 0.1) is 11.8 Å². The zero-order valence-electron chi connectivity index (χ0n) is 17.6. The van der Waals surface area contributed by atoms with Gasteiger partial charge in [-0.3, -0.25) is 9.59 Å². The fourth-order valence-electron chi connectivity index (χ4n) is 5.35. The van der Waals surface area contributed by atoms with Gasteiger partial charge >= 0.3 is 5.97 Å². The van der Waals surface area contributed by atoms with Crippen LogP contribution in [0.2, 0.25) is 0 Å². The lowest BCUT2D eigenvalue weighted by molar-refractivity contribution is -0.145. The topological polar surface area (TPSA) is 64.6 Å². The molecule has 1 aliphatic heterocycles. The number of carbonyl (C=O) groups is 2. The third-order valence-corrected chi connectivity index (χ3v) is 6.86. The van der Waals surface area contributed by atoms with Gasteiger partial charge < -0.3 is 14.8 Å². The first kappa shape index (κ1) is 19.2. The van der Waals surface area contributed by atoms with Gasteiger partial charge in [0, 0.05) is 11.6 Å². The molecule has 156 valence electrons. The van der Waals surface area contributed by atoms with Crippen LogP contribution in [-0.4, -0.2) is 18.0 Å². The normalized spacial score (nSPS) is 29.0. The van der Waals surface area contributed by atoms with Crippen LogP contribution in [0.15, 0.2) is 48.5 Å². The zero-order valence-corrected chi connectivity index (χ0v) is 17.6. The van der Waals surface area contributed by atoms with Gasteiger partial charge in [0.15, 0.2) is 0 Å². The van der Waals surface area contributed by atoms with E-state index in [2.05, 4.69) is 38.2 Å². The van der Waals surface area contributed by atoms with Crippen LogP contribution in [0.4, 0.5) is 5.69 Å². The number of hydrogen-bond donors (Lipinski definition) is 1. The van der Waals surface area contributed by atoms with E-state index in [4.69, 9.17) is 9.47 Å². The average Bonchev–Trinajstić information content (AvgIpc) is 3.32. The molecule has 3 fully saturated rings. The first-order chi connectivity index (χ1) is 14.3. The van der Waals surface area contributed by atoms with Crippen LogP contribution in [0.25, 0.3) is 0 Å². The first-order valence-electron chi connectivity index (χ1n) is 10.7. The largest absolute Gasteiger partial charge is 0.462 e. The Kier molecular flexibility index (Phi) is 4.38. The summed E-state index contributed by atoms with van der Waals surface area (Å²) in [6.45, 7) is 6.54. The Hall–Kier alpha value is -2.82. The number of amides is 1. The number of rotatable bonds is 4. The summed E-state index contributed by atoms with van der Waals surface area (Å²) in [4.78, 5) is 25.0. The Bertz CT molecular complexity index is 972. The van der Waals surface area contributed by atoms with E-state index in [1.807, 2.05) is 36.4 Å². The van der Waals surface area contributed by atoms with Gasteiger partial charge in [-0.1, -0.05) is 32.9 Å². The van der Waals surface area contributed by atoms with E-state index in [0.717, 1.165) is 18.6 Å². The van der Waals surface area contributed by atoms with Gasteiger partial charge in [-0.2, -0.15) is 0 Å². The molecule has 1 heterocycles. The second-order valence-electron chi connectivity index (χ2n) is 9.81. The van der Waals surface area contributed by atoms with Crippen LogP contribution < -0.4 is 10.1 Å². The molecule has 5 heteroatoms. The summed E-state index contributed by atoms with van der Waals surface area (Å²) < 4.78 is 11.4. The number of fused-ring (bicyclic) bond motifs is 1. The van der Waals surface area contributed by atoms with E-state index in [-0.39, 0.29) is 47.1 Å². The summed E-state index contributed by atoms with van der Waals surface area (Å²) in [5, 5.41) is 2.98. The number of hydrogen-bond acceptors (Lipinski definition) is 4. The molecule has 0 aromatic heterocycles. The summed E-state index contributed by atoms with van der Waals surface area (Å²) in [5.41, 5.74) is 2.07. The van der Waals surface area contributed by atoms with E-state index < -0.39 is 0 Å². The maximum Gasteiger partial charge on any atom is 0.310 e. The fraction of sp³-hybridized carbons (Fsp3) is 0.440. The third-order valence-electron chi connectivity index (χ3n) is 6.86. The molecule has 2 aromatic rings. The van der Waals surface area contributed by atoms with Crippen molar-refractivity contribution in [2.45, 2.75) is 45.1 Å². The molecule has 0 radical (unpaired) electrons. The summed E-state index contributed by atoms with van der Waals surface area (Å²) >= 11 is 0. The summed E-state index contributed by atoms with van der Waals surface area (Å²) in [6.07, 6.45) is 1.80. The molecule has 1 saturated heterocycles. The first-order valence-corrected chi connectivity index (χ1v) is 10.7. The number of esters is 1. The minimum Gasteiger partial charge on any atom is -0.462 e. The molecule has 1 N–H and O–H groups in total. The highest BCUT2D eigenvalue weighted by atomic mass is 16.6. The van der Waals surface area contributed by atoms with Crippen molar-refractivity contribution in [3.05, 3.63) is 54.1 Å². The van der Waals surface area contributed by atoms with Gasteiger partial charge in [-0.25, -0.2) is 0 Å². The monoisotopic (exact) mass is 405 g/mol. The zero-order chi connectivity index (χ0) is 21.0. The number of nitrogens with one attached hydrogen (secondary N) is 1. The predicted molar refractivity (Wildman–Crippen MR) is 113 cm³/mol. The van der Waals surface area contributed by atoms with Crippen molar-refractivity contribution in [1.82, 2.24) is 0 Å². The Morgan fingerprint density at radius 1 is 1.00 bits per heavy atom. The lowest BCUT2D eigenvalue weighted by Crippen LogP contribution is -2.35. The smallest absolute Gasteiger partial charge is 0.310 e. The molecule has 3 aliphatic rings. The van der Waals surface area contributed by atoms with Crippen LogP contribution >= 0.6 is 0 Å².